The lowest BCUT2D eigenvalue weighted by Crippen LogP contribution is -1.96. The Morgan fingerprint density at radius 3 is 1.48 bits per heavy atom. The van der Waals surface area contributed by atoms with Crippen LogP contribution in [0.5, 0.6) is 0 Å². The zero-order valence-corrected chi connectivity index (χ0v) is 25.2. The molecule has 0 amide bonds. The number of allylic oxidation sites excluding steroid dienone is 6. The molecule has 214 valence electrons. The van der Waals surface area contributed by atoms with Gasteiger partial charge >= 0.3 is 0 Å². The first-order chi connectivity index (χ1) is 20.0. The van der Waals surface area contributed by atoms with Crippen molar-refractivity contribution < 1.29 is 0 Å². The summed E-state index contributed by atoms with van der Waals surface area (Å²) in [6.45, 7) is 24.5. The highest BCUT2D eigenvalue weighted by molar-refractivity contribution is 5.96. The average Bonchev–Trinajstić information content (AvgIpc) is 3.59. The Bertz CT molecular complexity index is 1900. The summed E-state index contributed by atoms with van der Waals surface area (Å²) in [6, 6.07) is 8.50. The van der Waals surface area contributed by atoms with Crippen LogP contribution in [0.25, 0.3) is 56.5 Å². The van der Waals surface area contributed by atoms with Gasteiger partial charge in [-0.1, -0.05) is 38.5 Å². The first kappa shape index (κ1) is 28.7. The minimum Gasteiger partial charge on any atom is -0.403 e. The van der Waals surface area contributed by atoms with Crippen LogP contribution < -0.4 is 11.5 Å². The Morgan fingerprint density at radius 1 is 0.643 bits per heavy atom. The normalized spacial score (nSPS) is 13.0. The van der Waals surface area contributed by atoms with E-state index in [0.717, 1.165) is 102 Å². The lowest BCUT2D eigenvalue weighted by molar-refractivity contribution is 0.974. The van der Waals surface area contributed by atoms with E-state index in [0.29, 0.717) is 24.2 Å². The van der Waals surface area contributed by atoms with Gasteiger partial charge in [0.2, 0.25) is 0 Å². The predicted octanol–water partition coefficient (Wildman–Crippen LogP) is 8.58. The molecule has 42 heavy (non-hydrogen) atoms. The molecule has 0 fully saturated rings. The predicted molar refractivity (Wildman–Crippen MR) is 181 cm³/mol. The molecule has 2 aliphatic heterocycles. The van der Waals surface area contributed by atoms with E-state index >= 15 is 0 Å². The average molecular weight is 557 g/mol. The molecule has 8 bridgehead atoms. The van der Waals surface area contributed by atoms with Gasteiger partial charge in [-0.05, 0) is 111 Å². The summed E-state index contributed by atoms with van der Waals surface area (Å²) in [5, 5.41) is 0. The van der Waals surface area contributed by atoms with Crippen LogP contribution in [0.15, 0.2) is 62.0 Å². The molecule has 0 spiro atoms. The second-order valence-corrected chi connectivity index (χ2v) is 11.3. The highest BCUT2D eigenvalue weighted by Crippen LogP contribution is 2.38. The number of hydrogen-bond acceptors (Lipinski definition) is 4. The zero-order chi connectivity index (χ0) is 30.3. The number of rotatable bonds is 8. The molecule has 0 saturated heterocycles. The molecule has 5 heterocycles. The van der Waals surface area contributed by atoms with E-state index in [4.69, 9.17) is 21.4 Å². The van der Waals surface area contributed by atoms with E-state index in [2.05, 4.69) is 88.2 Å². The third-order valence-electron chi connectivity index (χ3n) is 8.43. The van der Waals surface area contributed by atoms with Crippen molar-refractivity contribution in [1.82, 2.24) is 19.9 Å². The molecule has 6 heteroatoms. The van der Waals surface area contributed by atoms with Gasteiger partial charge in [0.15, 0.2) is 0 Å². The van der Waals surface area contributed by atoms with Crippen LogP contribution >= 0.6 is 0 Å². The molecule has 0 unspecified atom stereocenters. The molecule has 0 radical (unpaired) electrons. The van der Waals surface area contributed by atoms with Crippen LogP contribution in [0.4, 0.5) is 0 Å². The van der Waals surface area contributed by atoms with E-state index in [1.165, 1.54) is 0 Å². The number of nitrogens with two attached hydrogens (primary N) is 2. The monoisotopic (exact) mass is 556 g/mol. The summed E-state index contributed by atoms with van der Waals surface area (Å²) < 4.78 is 0. The molecule has 3 aromatic rings. The van der Waals surface area contributed by atoms with Gasteiger partial charge in [-0.2, -0.15) is 0 Å². The lowest BCUT2D eigenvalue weighted by atomic mass is 9.97. The number of aromatic amines is 2. The van der Waals surface area contributed by atoms with Crippen LogP contribution in [-0.4, -0.2) is 19.9 Å². The van der Waals surface area contributed by atoms with Crippen LogP contribution in [0.2, 0.25) is 0 Å². The fourth-order valence-corrected chi connectivity index (χ4v) is 5.87. The third-order valence-corrected chi connectivity index (χ3v) is 8.43. The van der Waals surface area contributed by atoms with Crippen molar-refractivity contribution in [1.29, 1.82) is 0 Å². The number of nitrogens with one attached hydrogen (secondary N) is 2. The maximum Gasteiger partial charge on any atom is 0.0694 e. The Hall–Kier alpha value is -4.84. The van der Waals surface area contributed by atoms with E-state index in [1.54, 1.807) is 0 Å². The maximum absolute atomic E-state index is 6.00. The summed E-state index contributed by atoms with van der Waals surface area (Å²) >= 11 is 0. The highest BCUT2D eigenvalue weighted by atomic mass is 14.8. The minimum atomic E-state index is 0.653. The molecular formula is C36H40N6. The Morgan fingerprint density at radius 2 is 1.05 bits per heavy atom. The first-order valence-corrected chi connectivity index (χ1v) is 14.3. The fourth-order valence-electron chi connectivity index (χ4n) is 5.87. The van der Waals surface area contributed by atoms with Gasteiger partial charge in [0.25, 0.3) is 0 Å². The quantitative estimate of drug-likeness (QED) is 0.223. The topological polar surface area (TPSA) is 109 Å². The zero-order valence-electron chi connectivity index (χ0n) is 25.2. The number of hydrogen-bond donors (Lipinski definition) is 4. The highest BCUT2D eigenvalue weighted by Gasteiger charge is 2.22. The summed E-state index contributed by atoms with van der Waals surface area (Å²) in [6.07, 6.45) is 6.65. The standard InChI is InChI=1S/C36H40N6/c1-9-25-21(5)29-15-30-23(7)27(13-11-19(3)37)35(41-30)18-36-28(14-12-20(4)38)24(8)32(42-36)17-34-26(10-2)22(6)31(40-34)16-33(25)39-29/h9-10,15-18,39-40H,1-4,11-14,37-38H2,5-8H3. The molecule has 0 saturated carbocycles. The summed E-state index contributed by atoms with van der Waals surface area (Å²) in [5.41, 5.74) is 29.7. The molecule has 6 N–H and O–H groups in total. The largest absolute Gasteiger partial charge is 0.403 e. The van der Waals surface area contributed by atoms with Crippen molar-refractivity contribution in [3.05, 3.63) is 107 Å². The van der Waals surface area contributed by atoms with Gasteiger partial charge in [-0.15, -0.1) is 0 Å². The van der Waals surface area contributed by atoms with Gasteiger partial charge in [0.05, 0.1) is 22.8 Å². The van der Waals surface area contributed by atoms with E-state index in [-0.39, 0.29) is 0 Å². The van der Waals surface area contributed by atoms with Crippen molar-refractivity contribution >= 4 is 56.5 Å². The lowest BCUT2D eigenvalue weighted by Gasteiger charge is -2.07. The number of H-pyrrole nitrogens is 2. The maximum atomic E-state index is 6.00. The SMILES string of the molecule is C=Cc1c(C)c2cc3[nH]c(cc4nc(cc5nc(cc1[nH]2)C(C)=C5CCC(=C)N)C(CCC(=C)N)=C4C)c(C)c3C=C. The van der Waals surface area contributed by atoms with Crippen LogP contribution in [0, 0.1) is 13.8 Å². The van der Waals surface area contributed by atoms with Crippen LogP contribution in [-0.2, 0) is 0 Å². The van der Waals surface area contributed by atoms with Crippen molar-refractivity contribution in [3.63, 3.8) is 0 Å². The van der Waals surface area contributed by atoms with E-state index in [1.807, 2.05) is 12.2 Å². The molecule has 5 rings (SSSR count). The van der Waals surface area contributed by atoms with Gasteiger partial charge < -0.3 is 21.4 Å². The van der Waals surface area contributed by atoms with Crippen LogP contribution in [0.1, 0.15) is 84.6 Å². The molecule has 2 aliphatic rings. The number of aromatic nitrogens is 4. The summed E-state index contributed by atoms with van der Waals surface area (Å²) in [7, 11) is 0. The van der Waals surface area contributed by atoms with E-state index in [9.17, 15) is 0 Å². The van der Waals surface area contributed by atoms with Gasteiger partial charge in [0, 0.05) is 44.6 Å². The van der Waals surface area contributed by atoms with Gasteiger partial charge in [0.1, 0.15) is 0 Å². The number of aryl methyl sites for hydroxylation is 2. The molecule has 3 aromatic heterocycles. The molecule has 0 aliphatic carbocycles. The third kappa shape index (κ3) is 5.16. The fraction of sp³-hybridized carbons (Fsp3) is 0.222. The van der Waals surface area contributed by atoms with Crippen molar-refractivity contribution in [3.8, 4) is 0 Å². The number of nitrogens with zero attached hydrogens (tertiary/aromatic N) is 2. The second-order valence-electron chi connectivity index (χ2n) is 11.3. The van der Waals surface area contributed by atoms with Gasteiger partial charge in [-0.25, -0.2) is 9.97 Å². The molecule has 6 nitrogen and oxygen atoms in total. The first-order valence-electron chi connectivity index (χ1n) is 14.3. The summed E-state index contributed by atoms with van der Waals surface area (Å²) in [4.78, 5) is 17.6. The Balaban J connectivity index is 1.93. The van der Waals surface area contributed by atoms with Gasteiger partial charge in [-0.3, -0.25) is 0 Å². The molecule has 0 atom stereocenters. The minimum absolute atomic E-state index is 0.653. The smallest absolute Gasteiger partial charge is 0.0694 e. The Kier molecular flexibility index (Phi) is 7.65. The van der Waals surface area contributed by atoms with E-state index < -0.39 is 0 Å². The second kappa shape index (κ2) is 11.2. The van der Waals surface area contributed by atoms with Crippen LogP contribution in [0.3, 0.4) is 0 Å². The molecule has 0 aromatic carbocycles. The number of fused-ring (bicyclic) bond motifs is 8. The van der Waals surface area contributed by atoms with Crippen molar-refractivity contribution in [2.75, 3.05) is 0 Å². The summed E-state index contributed by atoms with van der Waals surface area (Å²) in [5.74, 6) is 0. The van der Waals surface area contributed by atoms with Crippen molar-refractivity contribution in [2.24, 2.45) is 11.5 Å². The molecular weight excluding hydrogens is 516 g/mol. The van der Waals surface area contributed by atoms with Crippen molar-refractivity contribution in [2.45, 2.75) is 53.4 Å². The Labute approximate surface area is 248 Å².